The number of rotatable bonds is 2. The first-order chi connectivity index (χ1) is 8.25. The molecule has 90 valence electrons. The molecule has 0 spiro atoms. The number of nitrogens with one attached hydrogen (secondary N) is 1. The van der Waals surface area contributed by atoms with Crippen LogP contribution in [0, 0.1) is 5.92 Å². The molecule has 2 rings (SSSR count). The van der Waals surface area contributed by atoms with Crippen molar-refractivity contribution in [2.24, 2.45) is 11.0 Å². The number of carbonyl (C=O) groups is 1. The Hall–Kier alpha value is -1.71. The van der Waals surface area contributed by atoms with Crippen LogP contribution in [0.25, 0.3) is 0 Å². The van der Waals surface area contributed by atoms with E-state index in [0.29, 0.717) is 11.5 Å². The lowest BCUT2D eigenvalue weighted by Gasteiger charge is -2.18. The highest BCUT2D eigenvalue weighted by molar-refractivity contribution is 5.95. The molecule has 1 aliphatic rings. The fourth-order valence-corrected chi connectivity index (χ4v) is 2.06. The molecule has 1 fully saturated rings. The van der Waals surface area contributed by atoms with Crippen LogP contribution >= 0.6 is 0 Å². The lowest BCUT2D eigenvalue weighted by molar-refractivity contribution is 0.0954. The number of pyridine rings is 1. The van der Waals surface area contributed by atoms with E-state index in [-0.39, 0.29) is 5.91 Å². The smallest absolute Gasteiger partial charge is 0.267 e. The van der Waals surface area contributed by atoms with Gasteiger partial charge in [-0.25, -0.2) is 5.43 Å². The van der Waals surface area contributed by atoms with Crippen molar-refractivity contribution >= 4 is 11.6 Å². The van der Waals surface area contributed by atoms with Crippen LogP contribution in [-0.4, -0.2) is 16.6 Å². The molecule has 0 unspecified atom stereocenters. The molecule has 1 atom stereocenters. The van der Waals surface area contributed by atoms with E-state index < -0.39 is 0 Å². The molecule has 1 saturated carbocycles. The minimum atomic E-state index is -0.168. The predicted octanol–water partition coefficient (Wildman–Crippen LogP) is 2.38. The zero-order valence-electron chi connectivity index (χ0n) is 10.0. The summed E-state index contributed by atoms with van der Waals surface area (Å²) in [5, 5.41) is 4.21. The van der Waals surface area contributed by atoms with Gasteiger partial charge in [0.15, 0.2) is 0 Å². The van der Waals surface area contributed by atoms with Crippen LogP contribution in [0.15, 0.2) is 29.6 Å². The highest BCUT2D eigenvalue weighted by Gasteiger charge is 2.14. The van der Waals surface area contributed by atoms with Gasteiger partial charge < -0.3 is 0 Å². The molecule has 0 aromatic carbocycles. The molecule has 1 aliphatic carbocycles. The molecule has 0 bridgehead atoms. The third-order valence-corrected chi connectivity index (χ3v) is 3.00. The zero-order valence-corrected chi connectivity index (χ0v) is 10.0. The lowest BCUT2D eigenvalue weighted by Crippen LogP contribution is -2.22. The number of nitrogens with zero attached hydrogens (tertiary/aromatic N) is 2. The van der Waals surface area contributed by atoms with E-state index in [1.807, 2.05) is 0 Å². The van der Waals surface area contributed by atoms with Gasteiger partial charge in [-0.3, -0.25) is 9.78 Å². The number of carbonyl (C=O) groups excluding carboxylic acids is 1. The SMILES string of the molecule is C[C@H]1CCCC(=NNC(=O)c2ccncc2)C1. The van der Waals surface area contributed by atoms with Crippen LogP contribution < -0.4 is 5.43 Å². The standard InChI is InChI=1S/C13H17N3O/c1-10-3-2-4-12(9-10)15-16-13(17)11-5-7-14-8-6-11/h5-8,10H,2-4,9H2,1H3,(H,16,17)/t10-/m0/s1. The predicted molar refractivity (Wildman–Crippen MR) is 66.8 cm³/mol. The van der Waals surface area contributed by atoms with E-state index in [0.717, 1.165) is 18.6 Å². The van der Waals surface area contributed by atoms with Gasteiger partial charge in [0.2, 0.25) is 0 Å². The summed E-state index contributed by atoms with van der Waals surface area (Å²) >= 11 is 0. The fraction of sp³-hybridized carbons (Fsp3) is 0.462. The molecule has 1 aromatic rings. The molecule has 4 heteroatoms. The summed E-state index contributed by atoms with van der Waals surface area (Å²) in [7, 11) is 0. The van der Waals surface area contributed by atoms with E-state index in [9.17, 15) is 4.79 Å². The molecule has 1 amide bonds. The highest BCUT2D eigenvalue weighted by Crippen LogP contribution is 2.20. The number of amides is 1. The molecule has 0 radical (unpaired) electrons. The molecule has 17 heavy (non-hydrogen) atoms. The second-order valence-corrected chi connectivity index (χ2v) is 4.56. The van der Waals surface area contributed by atoms with E-state index in [1.54, 1.807) is 24.5 Å². The van der Waals surface area contributed by atoms with Crippen LogP contribution in [0.5, 0.6) is 0 Å². The zero-order chi connectivity index (χ0) is 12.1. The monoisotopic (exact) mass is 231 g/mol. The van der Waals surface area contributed by atoms with Crippen molar-refractivity contribution in [1.82, 2.24) is 10.4 Å². The summed E-state index contributed by atoms with van der Waals surface area (Å²) in [6, 6.07) is 3.36. The van der Waals surface area contributed by atoms with E-state index >= 15 is 0 Å². The summed E-state index contributed by atoms with van der Waals surface area (Å²) in [6.45, 7) is 2.22. The Morgan fingerprint density at radius 2 is 2.24 bits per heavy atom. The Kier molecular flexibility index (Phi) is 3.85. The van der Waals surface area contributed by atoms with Gasteiger partial charge in [0, 0.05) is 23.7 Å². The van der Waals surface area contributed by atoms with Gasteiger partial charge in [0.25, 0.3) is 5.91 Å². The summed E-state index contributed by atoms with van der Waals surface area (Å²) < 4.78 is 0. The maximum atomic E-state index is 11.7. The Morgan fingerprint density at radius 1 is 1.47 bits per heavy atom. The van der Waals surface area contributed by atoms with Gasteiger partial charge in [-0.05, 0) is 43.7 Å². The molecule has 1 aromatic heterocycles. The molecule has 4 nitrogen and oxygen atoms in total. The molecule has 0 saturated heterocycles. The first-order valence-electron chi connectivity index (χ1n) is 6.01. The third-order valence-electron chi connectivity index (χ3n) is 3.00. The largest absolute Gasteiger partial charge is 0.271 e. The third kappa shape index (κ3) is 3.37. The van der Waals surface area contributed by atoms with Crippen LogP contribution in [0.3, 0.4) is 0 Å². The summed E-state index contributed by atoms with van der Waals surface area (Å²) in [6.07, 6.45) is 7.63. The number of hydrazone groups is 1. The number of hydrogen-bond acceptors (Lipinski definition) is 3. The maximum Gasteiger partial charge on any atom is 0.271 e. The summed E-state index contributed by atoms with van der Waals surface area (Å²) in [5.74, 6) is 0.512. The number of hydrogen-bond donors (Lipinski definition) is 1. The van der Waals surface area contributed by atoms with Crippen molar-refractivity contribution in [2.45, 2.75) is 32.6 Å². The molecule has 1 heterocycles. The average Bonchev–Trinajstić information content (AvgIpc) is 2.37. The van der Waals surface area contributed by atoms with Crippen molar-refractivity contribution in [3.8, 4) is 0 Å². The van der Waals surface area contributed by atoms with Gasteiger partial charge in [0.05, 0.1) is 0 Å². The van der Waals surface area contributed by atoms with Crippen molar-refractivity contribution in [2.75, 3.05) is 0 Å². The average molecular weight is 231 g/mol. The summed E-state index contributed by atoms with van der Waals surface area (Å²) in [5.41, 5.74) is 4.30. The van der Waals surface area contributed by atoms with Crippen molar-refractivity contribution < 1.29 is 4.79 Å². The maximum absolute atomic E-state index is 11.7. The van der Waals surface area contributed by atoms with Crippen LogP contribution in [-0.2, 0) is 0 Å². The van der Waals surface area contributed by atoms with Crippen LogP contribution in [0.4, 0.5) is 0 Å². The normalized spacial score (nSPS) is 22.4. The van der Waals surface area contributed by atoms with Crippen molar-refractivity contribution in [3.05, 3.63) is 30.1 Å². The van der Waals surface area contributed by atoms with Crippen LogP contribution in [0.1, 0.15) is 43.0 Å². The van der Waals surface area contributed by atoms with Crippen molar-refractivity contribution in [3.63, 3.8) is 0 Å². The van der Waals surface area contributed by atoms with Crippen molar-refractivity contribution in [1.29, 1.82) is 0 Å². The fourth-order valence-electron chi connectivity index (χ4n) is 2.06. The van der Waals surface area contributed by atoms with E-state index in [1.165, 1.54) is 12.8 Å². The molecular formula is C13H17N3O. The van der Waals surface area contributed by atoms with Gasteiger partial charge in [-0.2, -0.15) is 5.10 Å². The van der Waals surface area contributed by atoms with Crippen LogP contribution in [0.2, 0.25) is 0 Å². The topological polar surface area (TPSA) is 54.4 Å². The lowest BCUT2D eigenvalue weighted by atomic mass is 9.89. The van der Waals surface area contributed by atoms with E-state index in [2.05, 4.69) is 22.4 Å². The minimum Gasteiger partial charge on any atom is -0.267 e. The Labute approximate surface area is 101 Å². The Bertz CT molecular complexity index is 414. The summed E-state index contributed by atoms with van der Waals surface area (Å²) in [4.78, 5) is 15.6. The van der Waals surface area contributed by atoms with Gasteiger partial charge in [-0.15, -0.1) is 0 Å². The van der Waals surface area contributed by atoms with Gasteiger partial charge >= 0.3 is 0 Å². The Balaban J connectivity index is 1.93. The van der Waals surface area contributed by atoms with Gasteiger partial charge in [-0.1, -0.05) is 6.92 Å². The Morgan fingerprint density at radius 3 is 2.94 bits per heavy atom. The molecular weight excluding hydrogens is 214 g/mol. The molecule has 0 aliphatic heterocycles. The first-order valence-corrected chi connectivity index (χ1v) is 6.01. The molecule has 1 N–H and O–H groups in total. The van der Waals surface area contributed by atoms with E-state index in [4.69, 9.17) is 0 Å². The van der Waals surface area contributed by atoms with Gasteiger partial charge in [0.1, 0.15) is 0 Å². The quantitative estimate of drug-likeness (QED) is 0.794. The highest BCUT2D eigenvalue weighted by atomic mass is 16.2. The first kappa shape index (κ1) is 11.8. The second kappa shape index (κ2) is 5.57. The minimum absolute atomic E-state index is 0.168. The second-order valence-electron chi connectivity index (χ2n) is 4.56. The number of aromatic nitrogens is 1.